The van der Waals surface area contributed by atoms with E-state index in [9.17, 15) is 13.9 Å². The number of hydrogen-bond acceptors (Lipinski definition) is 5. The van der Waals surface area contributed by atoms with Gasteiger partial charge in [0.05, 0.1) is 32.6 Å². The molecule has 3 N–H and O–H groups in total. The van der Waals surface area contributed by atoms with Gasteiger partial charge >= 0.3 is 0 Å². The molecule has 2 unspecified atom stereocenters. The zero-order valence-electron chi connectivity index (χ0n) is 19.0. The molecule has 33 heavy (non-hydrogen) atoms. The maximum absolute atomic E-state index is 14.1. The van der Waals surface area contributed by atoms with E-state index in [4.69, 9.17) is 9.47 Å². The average molecular weight is 576 g/mol. The molecule has 2 aromatic rings. The number of nitrogens with zero attached hydrogens (tertiary/aromatic N) is 2. The van der Waals surface area contributed by atoms with E-state index >= 15 is 0 Å². The van der Waals surface area contributed by atoms with Gasteiger partial charge in [-0.2, -0.15) is 0 Å². The zero-order valence-corrected chi connectivity index (χ0v) is 21.3. The number of anilines is 1. The van der Waals surface area contributed by atoms with Gasteiger partial charge in [-0.15, -0.1) is 24.0 Å². The summed E-state index contributed by atoms with van der Waals surface area (Å²) in [5.41, 5.74) is 1.06. The van der Waals surface area contributed by atoms with Crippen molar-refractivity contribution in [2.75, 3.05) is 45.3 Å². The number of aliphatic imine (C=N–C) groups is 1. The topological polar surface area (TPSA) is 78.4 Å². The summed E-state index contributed by atoms with van der Waals surface area (Å²) in [7, 11) is 3.10. The van der Waals surface area contributed by atoms with Crippen molar-refractivity contribution in [1.82, 2.24) is 10.6 Å². The molecule has 2 aromatic carbocycles. The fourth-order valence-corrected chi connectivity index (χ4v) is 3.69. The molecule has 7 nitrogen and oxygen atoms in total. The molecule has 10 heteroatoms. The van der Waals surface area contributed by atoms with E-state index in [0.717, 1.165) is 12.5 Å². The molecule has 1 fully saturated rings. The number of halogens is 3. The zero-order chi connectivity index (χ0) is 23.1. The van der Waals surface area contributed by atoms with Gasteiger partial charge in [0.15, 0.2) is 17.5 Å². The summed E-state index contributed by atoms with van der Waals surface area (Å²) >= 11 is 0. The normalized spacial score (nSPS) is 16.7. The maximum atomic E-state index is 14.1. The number of aliphatic hydroxyl groups excluding tert-OH is 1. The standard InChI is InChI=1S/C23H30F2N4O3.HI/c1-4-26-23(27-13-20(30)15-5-8-21(31-2)22(11-15)32-3)28-17-9-10-29(14-17)19-7-6-16(24)12-18(19)25;/h5-8,11-12,17,20,30H,4,9-10,13-14H2,1-3H3,(H2,26,27,28);1H. The highest BCUT2D eigenvalue weighted by Gasteiger charge is 2.25. The first kappa shape index (κ1) is 26.9. The van der Waals surface area contributed by atoms with Gasteiger partial charge in [0.1, 0.15) is 11.6 Å². The summed E-state index contributed by atoms with van der Waals surface area (Å²) in [6.07, 6.45) is -0.0434. The summed E-state index contributed by atoms with van der Waals surface area (Å²) in [4.78, 5) is 6.39. The molecule has 2 atom stereocenters. The third kappa shape index (κ3) is 7.07. The smallest absolute Gasteiger partial charge is 0.191 e. The van der Waals surface area contributed by atoms with Crippen LogP contribution >= 0.6 is 24.0 Å². The first-order chi connectivity index (χ1) is 15.4. The van der Waals surface area contributed by atoms with E-state index in [0.29, 0.717) is 48.3 Å². The van der Waals surface area contributed by atoms with Gasteiger partial charge in [-0.1, -0.05) is 6.07 Å². The number of guanidine groups is 1. The molecule has 1 aliphatic heterocycles. The number of rotatable bonds is 8. The number of hydrogen-bond donors (Lipinski definition) is 3. The summed E-state index contributed by atoms with van der Waals surface area (Å²) < 4.78 is 37.8. The minimum absolute atomic E-state index is 0. The third-order valence-electron chi connectivity index (χ3n) is 5.34. The Morgan fingerprint density at radius 2 is 1.94 bits per heavy atom. The largest absolute Gasteiger partial charge is 0.493 e. The van der Waals surface area contributed by atoms with Crippen molar-refractivity contribution >= 4 is 35.6 Å². The van der Waals surface area contributed by atoms with E-state index in [-0.39, 0.29) is 36.6 Å². The van der Waals surface area contributed by atoms with Crippen molar-refractivity contribution < 1.29 is 23.4 Å². The van der Waals surface area contributed by atoms with Crippen molar-refractivity contribution in [3.05, 3.63) is 53.6 Å². The lowest BCUT2D eigenvalue weighted by atomic mass is 10.1. The van der Waals surface area contributed by atoms with Crippen molar-refractivity contribution in [2.24, 2.45) is 4.99 Å². The predicted molar refractivity (Wildman–Crippen MR) is 136 cm³/mol. The van der Waals surface area contributed by atoms with Crippen LogP contribution in [0.5, 0.6) is 11.5 Å². The molecule has 1 saturated heterocycles. The second kappa shape index (κ2) is 12.8. The highest BCUT2D eigenvalue weighted by Crippen LogP contribution is 2.30. The number of ether oxygens (including phenoxy) is 2. The van der Waals surface area contributed by atoms with Crippen LogP contribution in [0.3, 0.4) is 0 Å². The van der Waals surface area contributed by atoms with E-state index in [1.807, 2.05) is 11.8 Å². The number of methoxy groups -OCH3 is 2. The molecule has 0 aromatic heterocycles. The van der Waals surface area contributed by atoms with Gasteiger partial charge < -0.3 is 30.1 Å². The Kier molecular flexibility index (Phi) is 10.4. The quantitative estimate of drug-likeness (QED) is 0.254. The minimum atomic E-state index is -0.821. The highest BCUT2D eigenvalue weighted by molar-refractivity contribution is 14.0. The van der Waals surface area contributed by atoms with Crippen LogP contribution in [0.2, 0.25) is 0 Å². The van der Waals surface area contributed by atoms with Gasteiger partial charge in [0.25, 0.3) is 0 Å². The predicted octanol–water partition coefficient (Wildman–Crippen LogP) is 3.47. The van der Waals surface area contributed by atoms with Crippen LogP contribution in [-0.4, -0.2) is 57.5 Å². The molecular formula is C23H31F2IN4O3. The Balaban J connectivity index is 0.00000385. The molecule has 0 aliphatic carbocycles. The van der Waals surface area contributed by atoms with Crippen LogP contribution in [0.15, 0.2) is 41.4 Å². The van der Waals surface area contributed by atoms with Gasteiger partial charge in [0, 0.05) is 31.7 Å². The molecule has 0 spiro atoms. The van der Waals surface area contributed by atoms with Crippen LogP contribution in [0.1, 0.15) is 25.0 Å². The van der Waals surface area contributed by atoms with Crippen LogP contribution in [-0.2, 0) is 0 Å². The molecular weight excluding hydrogens is 545 g/mol. The van der Waals surface area contributed by atoms with Gasteiger partial charge in [-0.3, -0.25) is 4.99 Å². The second-order valence-electron chi connectivity index (χ2n) is 7.52. The Labute approximate surface area is 210 Å². The van der Waals surface area contributed by atoms with Crippen molar-refractivity contribution in [1.29, 1.82) is 0 Å². The van der Waals surface area contributed by atoms with Gasteiger partial charge in [0.2, 0.25) is 0 Å². The Morgan fingerprint density at radius 1 is 1.18 bits per heavy atom. The lowest BCUT2D eigenvalue weighted by molar-refractivity contribution is 0.186. The van der Waals surface area contributed by atoms with E-state index < -0.39 is 17.7 Å². The van der Waals surface area contributed by atoms with Crippen LogP contribution in [0.4, 0.5) is 14.5 Å². The summed E-state index contributed by atoms with van der Waals surface area (Å²) in [6, 6.07) is 8.91. The van der Waals surface area contributed by atoms with Gasteiger partial charge in [-0.05, 0) is 43.2 Å². The monoisotopic (exact) mass is 576 g/mol. The highest BCUT2D eigenvalue weighted by atomic mass is 127. The van der Waals surface area contributed by atoms with Crippen LogP contribution in [0, 0.1) is 11.6 Å². The number of nitrogens with one attached hydrogen (secondary N) is 2. The molecule has 1 aliphatic rings. The molecule has 0 bridgehead atoms. The molecule has 0 radical (unpaired) electrons. The summed E-state index contributed by atoms with van der Waals surface area (Å²) in [5.74, 6) is 0.542. The van der Waals surface area contributed by atoms with Crippen LogP contribution < -0.4 is 25.0 Å². The Morgan fingerprint density at radius 3 is 2.61 bits per heavy atom. The molecule has 0 amide bonds. The van der Waals surface area contributed by atoms with Crippen molar-refractivity contribution in [3.8, 4) is 11.5 Å². The molecule has 182 valence electrons. The molecule has 1 heterocycles. The molecule has 3 rings (SSSR count). The Bertz CT molecular complexity index is 948. The van der Waals surface area contributed by atoms with E-state index in [2.05, 4.69) is 15.6 Å². The first-order valence-electron chi connectivity index (χ1n) is 10.6. The van der Waals surface area contributed by atoms with Crippen molar-refractivity contribution in [3.63, 3.8) is 0 Å². The number of aliphatic hydroxyl groups is 1. The average Bonchev–Trinajstić information content (AvgIpc) is 3.24. The molecule has 0 saturated carbocycles. The van der Waals surface area contributed by atoms with E-state index in [1.165, 1.54) is 12.1 Å². The SMILES string of the molecule is CCNC(=NCC(O)c1ccc(OC)c(OC)c1)NC1CCN(c2ccc(F)cc2F)C1.I. The van der Waals surface area contributed by atoms with Crippen LogP contribution in [0.25, 0.3) is 0 Å². The van der Waals surface area contributed by atoms with Crippen molar-refractivity contribution in [2.45, 2.75) is 25.5 Å². The minimum Gasteiger partial charge on any atom is -0.493 e. The summed E-state index contributed by atoms with van der Waals surface area (Å²) in [6.45, 7) is 3.96. The lowest BCUT2D eigenvalue weighted by Crippen LogP contribution is -2.44. The summed E-state index contributed by atoms with van der Waals surface area (Å²) in [5, 5.41) is 17.1. The second-order valence-corrected chi connectivity index (χ2v) is 7.52. The van der Waals surface area contributed by atoms with Gasteiger partial charge in [-0.25, -0.2) is 8.78 Å². The Hall–Kier alpha value is -2.34. The fourth-order valence-electron chi connectivity index (χ4n) is 3.69. The number of benzene rings is 2. The first-order valence-corrected chi connectivity index (χ1v) is 10.6. The van der Waals surface area contributed by atoms with E-state index in [1.54, 1.807) is 32.4 Å². The lowest BCUT2D eigenvalue weighted by Gasteiger charge is -2.21. The maximum Gasteiger partial charge on any atom is 0.191 e. The third-order valence-corrected chi connectivity index (χ3v) is 5.34. The fraction of sp³-hybridized carbons (Fsp3) is 0.435.